The topological polar surface area (TPSA) is 56.7 Å². The second kappa shape index (κ2) is 5.41. The van der Waals surface area contributed by atoms with E-state index in [1.54, 1.807) is 11.8 Å². The van der Waals surface area contributed by atoms with Crippen molar-refractivity contribution in [3.05, 3.63) is 27.7 Å². The van der Waals surface area contributed by atoms with Crippen molar-refractivity contribution in [2.24, 2.45) is 5.73 Å². The third-order valence-corrected chi connectivity index (χ3v) is 6.57. The molecular weight excluding hydrogens is 300 g/mol. The molecule has 1 unspecified atom stereocenters. The molecule has 4 nitrogen and oxygen atoms in total. The number of nitrogens with two attached hydrogens (primary N) is 1. The summed E-state index contributed by atoms with van der Waals surface area (Å²) >= 11 is 3.63. The summed E-state index contributed by atoms with van der Waals surface area (Å²) in [7, 11) is 0. The molecule has 1 atom stereocenters. The molecule has 0 amide bonds. The Morgan fingerprint density at radius 3 is 2.71 bits per heavy atom. The third-order valence-electron chi connectivity index (χ3n) is 4.09. The average Bonchev–Trinajstić information content (AvgIpc) is 3.41. The van der Waals surface area contributed by atoms with E-state index in [1.807, 2.05) is 11.3 Å². The minimum atomic E-state index is 0.289. The van der Waals surface area contributed by atoms with E-state index in [0.717, 1.165) is 5.16 Å². The highest BCUT2D eigenvalue weighted by Crippen LogP contribution is 2.47. The number of hydrogen-bond donors (Lipinski definition) is 1. The van der Waals surface area contributed by atoms with E-state index in [-0.39, 0.29) is 5.25 Å². The molecule has 2 aliphatic rings. The maximum Gasteiger partial charge on any atom is 0.192 e. The van der Waals surface area contributed by atoms with Crippen LogP contribution in [-0.2, 0) is 0 Å². The lowest BCUT2D eigenvalue weighted by Gasteiger charge is -2.14. The Balaban J connectivity index is 1.60. The van der Waals surface area contributed by atoms with Crippen LogP contribution in [0.5, 0.6) is 0 Å². The summed E-state index contributed by atoms with van der Waals surface area (Å²) in [4.78, 5) is 2.68. The monoisotopic (exact) mass is 320 g/mol. The summed E-state index contributed by atoms with van der Waals surface area (Å²) in [6.45, 7) is 2.78. The van der Waals surface area contributed by atoms with Gasteiger partial charge in [-0.25, -0.2) is 0 Å². The van der Waals surface area contributed by atoms with Crippen LogP contribution in [0.2, 0.25) is 0 Å². The molecule has 0 bridgehead atoms. The van der Waals surface area contributed by atoms with Crippen molar-refractivity contribution in [2.75, 3.05) is 6.54 Å². The summed E-state index contributed by atoms with van der Waals surface area (Å²) in [6.07, 6.45) is 5.10. The summed E-state index contributed by atoms with van der Waals surface area (Å²) in [5.74, 6) is 1.88. The predicted octanol–water partition coefficient (Wildman–Crippen LogP) is 3.65. The fraction of sp³-hybridized carbons (Fsp3) is 0.600. The van der Waals surface area contributed by atoms with Gasteiger partial charge < -0.3 is 10.3 Å². The second-order valence-corrected chi connectivity index (χ2v) is 8.50. The highest BCUT2D eigenvalue weighted by Gasteiger charge is 2.36. The van der Waals surface area contributed by atoms with Gasteiger partial charge in [-0.15, -0.1) is 21.5 Å². The van der Waals surface area contributed by atoms with Crippen LogP contribution in [0.25, 0.3) is 0 Å². The zero-order valence-corrected chi connectivity index (χ0v) is 13.8. The first kappa shape index (κ1) is 13.8. The molecule has 2 saturated carbocycles. The standard InChI is InChI=1S/C15H20N4S2/c1-9-2-7-12(20-9)13(8-16)21-15-18-17-14(10-3-4-10)19(15)11-5-6-11/h2,7,10-11,13H,3-6,8,16H2,1H3. The molecule has 4 rings (SSSR count). The molecule has 6 heteroatoms. The Hall–Kier alpha value is -0.850. The third kappa shape index (κ3) is 2.76. The van der Waals surface area contributed by atoms with Crippen LogP contribution < -0.4 is 5.73 Å². The fourth-order valence-corrected chi connectivity index (χ4v) is 4.79. The number of hydrogen-bond acceptors (Lipinski definition) is 5. The molecule has 2 fully saturated rings. The van der Waals surface area contributed by atoms with Crippen LogP contribution in [0, 0.1) is 6.92 Å². The van der Waals surface area contributed by atoms with Gasteiger partial charge in [0.2, 0.25) is 0 Å². The van der Waals surface area contributed by atoms with Crippen molar-refractivity contribution in [3.8, 4) is 0 Å². The zero-order valence-electron chi connectivity index (χ0n) is 12.2. The number of thiophene rings is 1. The van der Waals surface area contributed by atoms with Crippen LogP contribution in [0.1, 0.15) is 58.5 Å². The molecule has 21 heavy (non-hydrogen) atoms. The summed E-state index contributed by atoms with van der Waals surface area (Å²) in [6, 6.07) is 5.01. The number of aromatic nitrogens is 3. The van der Waals surface area contributed by atoms with Crippen LogP contribution in [0.3, 0.4) is 0 Å². The summed E-state index contributed by atoms with van der Waals surface area (Å²) < 4.78 is 2.41. The van der Waals surface area contributed by atoms with Gasteiger partial charge in [-0.1, -0.05) is 11.8 Å². The molecule has 2 aromatic heterocycles. The molecule has 0 aliphatic heterocycles. The van der Waals surface area contributed by atoms with Crippen LogP contribution in [0.15, 0.2) is 17.3 Å². The maximum atomic E-state index is 6.01. The van der Waals surface area contributed by atoms with Gasteiger partial charge in [0.15, 0.2) is 5.16 Å². The quantitative estimate of drug-likeness (QED) is 0.825. The number of rotatable bonds is 6. The van der Waals surface area contributed by atoms with E-state index < -0.39 is 0 Å². The van der Waals surface area contributed by atoms with E-state index in [4.69, 9.17) is 5.73 Å². The minimum absolute atomic E-state index is 0.289. The molecule has 2 aliphatic carbocycles. The van der Waals surface area contributed by atoms with Gasteiger partial charge in [0, 0.05) is 28.3 Å². The molecule has 112 valence electrons. The van der Waals surface area contributed by atoms with Gasteiger partial charge in [-0.05, 0) is 44.7 Å². The van der Waals surface area contributed by atoms with E-state index in [0.29, 0.717) is 18.5 Å². The lowest BCUT2D eigenvalue weighted by Crippen LogP contribution is -2.10. The Labute approximate surface area is 133 Å². The molecule has 0 saturated heterocycles. The van der Waals surface area contributed by atoms with Crippen molar-refractivity contribution in [2.45, 2.75) is 55.0 Å². The second-order valence-electron chi connectivity index (χ2n) is 6.01. The van der Waals surface area contributed by atoms with E-state index in [2.05, 4.69) is 33.8 Å². The highest BCUT2D eigenvalue weighted by atomic mass is 32.2. The molecule has 0 radical (unpaired) electrons. The Bertz CT molecular complexity index is 640. The average molecular weight is 320 g/mol. The van der Waals surface area contributed by atoms with Crippen molar-refractivity contribution in [3.63, 3.8) is 0 Å². The van der Waals surface area contributed by atoms with Crippen LogP contribution in [0.4, 0.5) is 0 Å². The van der Waals surface area contributed by atoms with Gasteiger partial charge in [0.1, 0.15) is 5.82 Å². The van der Waals surface area contributed by atoms with E-state index in [9.17, 15) is 0 Å². The summed E-state index contributed by atoms with van der Waals surface area (Å²) in [5.41, 5.74) is 6.01. The molecule has 0 aromatic carbocycles. The van der Waals surface area contributed by atoms with Crippen LogP contribution in [-0.4, -0.2) is 21.3 Å². The minimum Gasteiger partial charge on any atom is -0.329 e. The highest BCUT2D eigenvalue weighted by molar-refractivity contribution is 7.99. The predicted molar refractivity (Wildman–Crippen MR) is 87.0 cm³/mol. The van der Waals surface area contributed by atoms with E-state index in [1.165, 1.54) is 41.3 Å². The first-order valence-electron chi connectivity index (χ1n) is 7.64. The van der Waals surface area contributed by atoms with Gasteiger partial charge in [0.05, 0.1) is 5.25 Å². The smallest absolute Gasteiger partial charge is 0.192 e. The molecule has 2 aromatic rings. The first-order valence-corrected chi connectivity index (χ1v) is 9.33. The van der Waals surface area contributed by atoms with Crippen molar-refractivity contribution in [1.29, 1.82) is 0 Å². The van der Waals surface area contributed by atoms with Crippen molar-refractivity contribution < 1.29 is 0 Å². The first-order chi connectivity index (χ1) is 10.3. The van der Waals surface area contributed by atoms with Crippen molar-refractivity contribution >= 4 is 23.1 Å². The normalized spacial score (nSPS) is 19.9. The van der Waals surface area contributed by atoms with Crippen molar-refractivity contribution in [1.82, 2.24) is 14.8 Å². The Morgan fingerprint density at radius 2 is 2.14 bits per heavy atom. The lowest BCUT2D eigenvalue weighted by atomic mass is 10.3. The van der Waals surface area contributed by atoms with Gasteiger partial charge in [-0.3, -0.25) is 0 Å². The van der Waals surface area contributed by atoms with E-state index >= 15 is 0 Å². The van der Waals surface area contributed by atoms with Crippen LogP contribution >= 0.6 is 23.1 Å². The van der Waals surface area contributed by atoms with Gasteiger partial charge in [-0.2, -0.15) is 0 Å². The lowest BCUT2D eigenvalue weighted by molar-refractivity contribution is 0.625. The molecule has 2 heterocycles. The Morgan fingerprint density at radius 1 is 1.33 bits per heavy atom. The number of aryl methyl sites for hydroxylation is 1. The summed E-state index contributed by atoms with van der Waals surface area (Å²) in [5, 5.41) is 10.3. The maximum absolute atomic E-state index is 6.01. The number of nitrogens with zero attached hydrogens (tertiary/aromatic N) is 3. The van der Waals surface area contributed by atoms with Gasteiger partial charge >= 0.3 is 0 Å². The number of thioether (sulfide) groups is 1. The zero-order chi connectivity index (χ0) is 14.4. The fourth-order valence-electron chi connectivity index (χ4n) is 2.64. The largest absolute Gasteiger partial charge is 0.329 e. The van der Waals surface area contributed by atoms with Gasteiger partial charge in [0.25, 0.3) is 0 Å². The molecule has 0 spiro atoms. The molecular formula is C15H20N4S2. The SMILES string of the molecule is Cc1ccc(C(CN)Sc2nnc(C3CC3)n2C2CC2)s1. The molecule has 2 N–H and O–H groups in total. The Kier molecular flexibility index (Phi) is 3.55.